The largest absolute Gasteiger partial charge is 0.352 e. The van der Waals surface area contributed by atoms with Gasteiger partial charge in [0, 0.05) is 41.2 Å². The number of aryl methyl sites for hydroxylation is 1. The number of anilines is 1. The minimum Gasteiger partial charge on any atom is -0.352 e. The molecule has 0 spiro atoms. The van der Waals surface area contributed by atoms with Crippen molar-refractivity contribution in [1.29, 1.82) is 0 Å². The minimum absolute atomic E-state index is 0.0627. The molecule has 7 nitrogen and oxygen atoms in total. The Morgan fingerprint density at radius 2 is 1.68 bits per heavy atom. The number of hydrogen-bond donors (Lipinski definition) is 1. The van der Waals surface area contributed by atoms with Crippen LogP contribution in [-0.4, -0.2) is 50.0 Å². The summed E-state index contributed by atoms with van der Waals surface area (Å²) >= 11 is 12.9. The Labute approximate surface area is 236 Å². The molecule has 2 aromatic carbocycles. The van der Waals surface area contributed by atoms with Gasteiger partial charge in [-0.15, -0.1) is 0 Å². The Balaban J connectivity index is 1.81. The van der Waals surface area contributed by atoms with Crippen LogP contribution < -0.4 is 9.62 Å². The molecule has 38 heavy (non-hydrogen) atoms. The average Bonchev–Trinajstić information content (AvgIpc) is 3.36. The predicted molar refractivity (Wildman–Crippen MR) is 154 cm³/mol. The number of halogens is 2. The summed E-state index contributed by atoms with van der Waals surface area (Å²) in [4.78, 5) is 28.5. The van der Waals surface area contributed by atoms with E-state index in [0.717, 1.165) is 37.5 Å². The summed E-state index contributed by atoms with van der Waals surface area (Å²) in [7, 11) is -3.56. The molecule has 1 unspecified atom stereocenters. The Morgan fingerprint density at radius 1 is 1.05 bits per heavy atom. The van der Waals surface area contributed by atoms with Crippen molar-refractivity contribution in [2.24, 2.45) is 0 Å². The molecule has 0 heterocycles. The van der Waals surface area contributed by atoms with Crippen molar-refractivity contribution in [3.05, 3.63) is 63.6 Å². The fourth-order valence-corrected chi connectivity index (χ4v) is 6.51. The summed E-state index contributed by atoms with van der Waals surface area (Å²) in [6, 6.07) is 11.8. The Hall–Kier alpha value is -2.29. The van der Waals surface area contributed by atoms with Gasteiger partial charge in [-0.05, 0) is 56.4 Å². The quantitative estimate of drug-likeness (QED) is 0.347. The van der Waals surface area contributed by atoms with Crippen LogP contribution in [0.4, 0.5) is 5.69 Å². The standard InChI is InChI=1S/C28H37Cl2N3O4S/c1-4-25(28(35)31-21-12-6-7-13-21)32(19-22-23(29)14-9-15-24(22)30)27(34)17-10-18-33(38(3,36)37)26-16-8-5-11-20(26)2/h5,8-9,11,14-16,21,25H,4,6-7,10,12-13,17-19H2,1-3H3,(H,31,35). The predicted octanol–water partition coefficient (Wildman–Crippen LogP) is 5.71. The average molecular weight is 583 g/mol. The highest BCUT2D eigenvalue weighted by Crippen LogP contribution is 2.28. The van der Waals surface area contributed by atoms with E-state index in [9.17, 15) is 18.0 Å². The van der Waals surface area contributed by atoms with E-state index in [-0.39, 0.29) is 43.8 Å². The molecule has 0 aliphatic heterocycles. The zero-order chi connectivity index (χ0) is 27.9. The van der Waals surface area contributed by atoms with Crippen LogP contribution in [-0.2, 0) is 26.2 Å². The van der Waals surface area contributed by atoms with Gasteiger partial charge in [0.15, 0.2) is 0 Å². The van der Waals surface area contributed by atoms with Gasteiger partial charge in [-0.3, -0.25) is 13.9 Å². The zero-order valence-electron chi connectivity index (χ0n) is 22.3. The first-order valence-electron chi connectivity index (χ1n) is 13.1. The molecule has 0 aromatic heterocycles. The number of para-hydroxylation sites is 1. The normalized spacial score (nSPS) is 14.8. The maximum Gasteiger partial charge on any atom is 0.243 e. The van der Waals surface area contributed by atoms with Crippen molar-refractivity contribution < 1.29 is 18.0 Å². The van der Waals surface area contributed by atoms with Gasteiger partial charge in [-0.1, -0.05) is 67.2 Å². The van der Waals surface area contributed by atoms with Crippen LogP contribution in [0, 0.1) is 6.92 Å². The van der Waals surface area contributed by atoms with E-state index in [4.69, 9.17) is 23.2 Å². The molecule has 2 amide bonds. The SMILES string of the molecule is CCC(C(=O)NC1CCCC1)N(Cc1c(Cl)cccc1Cl)C(=O)CCCN(c1ccccc1C)S(C)(=O)=O. The number of sulfonamides is 1. The van der Waals surface area contributed by atoms with E-state index < -0.39 is 16.1 Å². The number of hydrogen-bond acceptors (Lipinski definition) is 4. The number of benzene rings is 2. The molecule has 0 saturated heterocycles. The molecule has 10 heteroatoms. The second kappa shape index (κ2) is 13.7. The third kappa shape index (κ3) is 7.87. The first-order chi connectivity index (χ1) is 18.0. The highest BCUT2D eigenvalue weighted by molar-refractivity contribution is 7.92. The van der Waals surface area contributed by atoms with Crippen molar-refractivity contribution >= 4 is 50.7 Å². The van der Waals surface area contributed by atoms with Crippen molar-refractivity contribution in [3.63, 3.8) is 0 Å². The topological polar surface area (TPSA) is 86.8 Å². The lowest BCUT2D eigenvalue weighted by Gasteiger charge is -2.32. The van der Waals surface area contributed by atoms with Gasteiger partial charge in [0.2, 0.25) is 21.8 Å². The zero-order valence-corrected chi connectivity index (χ0v) is 24.6. The van der Waals surface area contributed by atoms with Crippen LogP contribution in [0.3, 0.4) is 0 Å². The fraction of sp³-hybridized carbons (Fsp3) is 0.500. The van der Waals surface area contributed by atoms with Gasteiger partial charge in [0.1, 0.15) is 6.04 Å². The van der Waals surface area contributed by atoms with Gasteiger partial charge >= 0.3 is 0 Å². The molecular formula is C28H37Cl2N3O4S. The van der Waals surface area contributed by atoms with Crippen molar-refractivity contribution in [2.45, 2.75) is 77.4 Å². The molecule has 1 saturated carbocycles. The molecule has 3 rings (SSSR count). The summed E-state index contributed by atoms with van der Waals surface area (Å²) in [5.41, 5.74) is 1.99. The van der Waals surface area contributed by atoms with E-state index in [0.29, 0.717) is 27.7 Å². The molecule has 0 bridgehead atoms. The maximum atomic E-state index is 13.6. The summed E-state index contributed by atoms with van der Waals surface area (Å²) < 4.78 is 26.5. The Bertz CT molecular complexity index is 1210. The summed E-state index contributed by atoms with van der Waals surface area (Å²) in [6.45, 7) is 3.95. The van der Waals surface area contributed by atoms with Crippen molar-refractivity contribution in [3.8, 4) is 0 Å². The smallest absolute Gasteiger partial charge is 0.243 e. The second-order valence-corrected chi connectivity index (χ2v) is 12.6. The number of nitrogens with zero attached hydrogens (tertiary/aromatic N) is 2. The minimum atomic E-state index is -3.56. The summed E-state index contributed by atoms with van der Waals surface area (Å²) in [6.07, 6.45) is 5.97. The number of carbonyl (C=O) groups is 2. The lowest BCUT2D eigenvalue weighted by Crippen LogP contribution is -2.51. The first-order valence-corrected chi connectivity index (χ1v) is 15.7. The summed E-state index contributed by atoms with van der Waals surface area (Å²) in [5, 5.41) is 3.96. The van der Waals surface area contributed by atoms with Crippen molar-refractivity contribution in [1.82, 2.24) is 10.2 Å². The molecule has 0 radical (unpaired) electrons. The van der Waals surface area contributed by atoms with E-state index in [1.165, 1.54) is 9.21 Å². The molecule has 1 atom stereocenters. The van der Waals surface area contributed by atoms with Gasteiger partial charge in [0.05, 0.1) is 11.9 Å². The van der Waals surface area contributed by atoms with E-state index in [1.54, 1.807) is 30.3 Å². The molecule has 1 aliphatic rings. The lowest BCUT2D eigenvalue weighted by molar-refractivity contribution is -0.141. The molecule has 208 valence electrons. The Kier molecular flexibility index (Phi) is 10.9. The monoisotopic (exact) mass is 581 g/mol. The van der Waals surface area contributed by atoms with Crippen LogP contribution in [0.15, 0.2) is 42.5 Å². The van der Waals surface area contributed by atoms with Crippen LogP contribution in [0.2, 0.25) is 10.0 Å². The molecule has 1 N–H and O–H groups in total. The lowest BCUT2D eigenvalue weighted by atomic mass is 10.1. The van der Waals surface area contributed by atoms with Crippen LogP contribution in [0.25, 0.3) is 0 Å². The second-order valence-electron chi connectivity index (χ2n) is 9.86. The van der Waals surface area contributed by atoms with Crippen LogP contribution in [0.5, 0.6) is 0 Å². The van der Waals surface area contributed by atoms with Crippen molar-refractivity contribution in [2.75, 3.05) is 17.1 Å². The molecular weight excluding hydrogens is 545 g/mol. The molecule has 1 aliphatic carbocycles. The third-order valence-corrected chi connectivity index (χ3v) is 8.90. The van der Waals surface area contributed by atoms with E-state index >= 15 is 0 Å². The van der Waals surface area contributed by atoms with Gasteiger partial charge in [-0.25, -0.2) is 8.42 Å². The molecule has 1 fully saturated rings. The first kappa shape index (κ1) is 30.3. The number of carbonyl (C=O) groups excluding carboxylic acids is 2. The van der Waals surface area contributed by atoms with Gasteiger partial charge < -0.3 is 10.2 Å². The molecule has 2 aromatic rings. The van der Waals surface area contributed by atoms with Crippen LogP contribution in [0.1, 0.15) is 63.0 Å². The Morgan fingerprint density at radius 3 is 2.26 bits per heavy atom. The third-order valence-electron chi connectivity index (χ3n) is 7.01. The van der Waals surface area contributed by atoms with Gasteiger partial charge in [0.25, 0.3) is 0 Å². The van der Waals surface area contributed by atoms with E-state index in [2.05, 4.69) is 5.32 Å². The number of nitrogens with one attached hydrogen (secondary N) is 1. The fourth-order valence-electron chi connectivity index (χ4n) is 4.97. The van der Waals surface area contributed by atoms with Gasteiger partial charge in [-0.2, -0.15) is 0 Å². The number of amides is 2. The number of rotatable bonds is 12. The van der Waals surface area contributed by atoms with Crippen LogP contribution >= 0.6 is 23.2 Å². The summed E-state index contributed by atoms with van der Waals surface area (Å²) in [5.74, 6) is -0.443. The maximum absolute atomic E-state index is 13.6. The highest BCUT2D eigenvalue weighted by Gasteiger charge is 2.31. The highest BCUT2D eigenvalue weighted by atomic mass is 35.5. The van der Waals surface area contributed by atoms with E-state index in [1.807, 2.05) is 26.0 Å².